The number of hydrogen-bond donors (Lipinski definition) is 1. The second-order valence-corrected chi connectivity index (χ2v) is 3.64. The van der Waals surface area contributed by atoms with Crippen molar-refractivity contribution in [3.8, 4) is 6.07 Å². The number of hydrogen-bond acceptors (Lipinski definition) is 2. The Morgan fingerprint density at radius 3 is 2.78 bits per heavy atom. The van der Waals surface area contributed by atoms with E-state index < -0.39 is 11.6 Å². The minimum absolute atomic E-state index is 0.0781. The average Bonchev–Trinajstić information content (AvgIpc) is 2.32. The van der Waals surface area contributed by atoms with E-state index in [-0.39, 0.29) is 17.0 Å². The smallest absolute Gasteiger partial charge is 0.216 e. The van der Waals surface area contributed by atoms with E-state index in [0.717, 1.165) is 12.1 Å². The zero-order chi connectivity index (χ0) is 13.5. The largest absolute Gasteiger partial charge is 0.356 e. The Labute approximate surface area is 104 Å². The first kappa shape index (κ1) is 13.8. The minimum atomic E-state index is -0.750. The Morgan fingerprint density at radius 2 is 2.17 bits per heavy atom. The number of amides is 1. The molecule has 1 amide bonds. The minimum Gasteiger partial charge on any atom is -0.356 e. The molecular weight excluding hydrogens is 238 g/mol. The summed E-state index contributed by atoms with van der Waals surface area (Å²) in [6, 6.07) is 3.40. The maximum Gasteiger partial charge on any atom is 0.216 e. The van der Waals surface area contributed by atoms with Gasteiger partial charge in [0.2, 0.25) is 5.91 Å². The standard InChI is InChI=1S/C13H12F2N2O/c1-9(18)17-5-3-2-4-10-6-13(15)11(8-16)7-12(10)14/h2,4,6-7H,3,5H2,1H3,(H,17,18). The summed E-state index contributed by atoms with van der Waals surface area (Å²) in [7, 11) is 0. The van der Waals surface area contributed by atoms with Crippen LogP contribution < -0.4 is 5.32 Å². The fourth-order valence-electron chi connectivity index (χ4n) is 1.32. The van der Waals surface area contributed by atoms with Gasteiger partial charge in [0.05, 0.1) is 5.56 Å². The first-order chi connectivity index (χ1) is 8.54. The van der Waals surface area contributed by atoms with Crippen LogP contribution in [0, 0.1) is 23.0 Å². The van der Waals surface area contributed by atoms with Crippen LogP contribution >= 0.6 is 0 Å². The van der Waals surface area contributed by atoms with E-state index in [1.165, 1.54) is 13.0 Å². The Bertz CT molecular complexity index is 518. The first-order valence-electron chi connectivity index (χ1n) is 5.34. The lowest BCUT2D eigenvalue weighted by molar-refractivity contribution is -0.118. The quantitative estimate of drug-likeness (QED) is 0.834. The topological polar surface area (TPSA) is 52.9 Å². The van der Waals surface area contributed by atoms with Crippen LogP contribution in [-0.2, 0) is 4.79 Å². The normalized spacial score (nSPS) is 10.3. The SMILES string of the molecule is CC(=O)NCCC=Cc1cc(F)c(C#N)cc1F. The van der Waals surface area contributed by atoms with Gasteiger partial charge in [0.25, 0.3) is 0 Å². The predicted molar refractivity (Wildman–Crippen MR) is 63.4 cm³/mol. The molecule has 0 atom stereocenters. The van der Waals surface area contributed by atoms with Crippen molar-refractivity contribution in [1.29, 1.82) is 5.26 Å². The van der Waals surface area contributed by atoms with Gasteiger partial charge in [-0.05, 0) is 18.6 Å². The third kappa shape index (κ3) is 3.98. The van der Waals surface area contributed by atoms with Crippen molar-refractivity contribution in [1.82, 2.24) is 5.32 Å². The van der Waals surface area contributed by atoms with Crippen molar-refractivity contribution in [2.75, 3.05) is 6.54 Å². The van der Waals surface area contributed by atoms with E-state index in [0.29, 0.717) is 13.0 Å². The van der Waals surface area contributed by atoms with Crippen molar-refractivity contribution in [2.24, 2.45) is 0 Å². The molecule has 0 aliphatic carbocycles. The van der Waals surface area contributed by atoms with Crippen LogP contribution in [0.2, 0.25) is 0 Å². The molecule has 0 radical (unpaired) electrons. The lowest BCUT2D eigenvalue weighted by Crippen LogP contribution is -2.20. The lowest BCUT2D eigenvalue weighted by atomic mass is 10.1. The van der Waals surface area contributed by atoms with Gasteiger partial charge in [-0.15, -0.1) is 0 Å². The van der Waals surface area contributed by atoms with Crippen molar-refractivity contribution >= 4 is 12.0 Å². The molecule has 3 nitrogen and oxygen atoms in total. The molecule has 0 saturated heterocycles. The number of rotatable bonds is 4. The lowest BCUT2D eigenvalue weighted by Gasteiger charge is -2.00. The maximum absolute atomic E-state index is 13.4. The molecule has 0 unspecified atom stereocenters. The molecule has 0 aliphatic rings. The Balaban J connectivity index is 2.68. The van der Waals surface area contributed by atoms with Gasteiger partial charge in [-0.25, -0.2) is 8.78 Å². The number of carbonyl (C=O) groups is 1. The van der Waals surface area contributed by atoms with Gasteiger partial charge >= 0.3 is 0 Å². The zero-order valence-electron chi connectivity index (χ0n) is 9.84. The van der Waals surface area contributed by atoms with Crippen molar-refractivity contribution < 1.29 is 13.6 Å². The highest BCUT2D eigenvalue weighted by Crippen LogP contribution is 2.15. The molecule has 0 spiro atoms. The third-order valence-electron chi connectivity index (χ3n) is 2.19. The summed E-state index contributed by atoms with van der Waals surface area (Å²) in [5.41, 5.74) is -0.239. The van der Waals surface area contributed by atoms with E-state index in [4.69, 9.17) is 5.26 Å². The number of nitrogens with zero attached hydrogens (tertiary/aromatic N) is 1. The number of nitrogens with one attached hydrogen (secondary N) is 1. The molecule has 1 aromatic rings. The summed E-state index contributed by atoms with van der Waals surface area (Å²) in [4.78, 5) is 10.6. The van der Waals surface area contributed by atoms with E-state index >= 15 is 0 Å². The zero-order valence-corrected chi connectivity index (χ0v) is 9.84. The van der Waals surface area contributed by atoms with Crippen LogP contribution in [0.3, 0.4) is 0 Å². The molecule has 18 heavy (non-hydrogen) atoms. The molecule has 0 saturated carbocycles. The molecule has 1 aromatic carbocycles. The number of halogens is 2. The summed E-state index contributed by atoms with van der Waals surface area (Å²) in [6.45, 7) is 1.84. The summed E-state index contributed by atoms with van der Waals surface area (Å²) in [5.74, 6) is -1.54. The third-order valence-corrected chi connectivity index (χ3v) is 2.19. The van der Waals surface area contributed by atoms with Gasteiger partial charge in [0.15, 0.2) is 0 Å². The molecule has 1 rings (SSSR count). The highest BCUT2D eigenvalue weighted by Gasteiger charge is 2.07. The van der Waals surface area contributed by atoms with Crippen molar-refractivity contribution in [3.05, 3.63) is 41.0 Å². The average molecular weight is 250 g/mol. The molecule has 0 aromatic heterocycles. The summed E-state index contributed by atoms with van der Waals surface area (Å²) < 4.78 is 26.6. The van der Waals surface area contributed by atoms with E-state index in [1.807, 2.05) is 0 Å². The Morgan fingerprint density at radius 1 is 1.44 bits per heavy atom. The van der Waals surface area contributed by atoms with Gasteiger partial charge in [-0.2, -0.15) is 5.26 Å². The van der Waals surface area contributed by atoms with Crippen LogP contribution in [0.25, 0.3) is 6.08 Å². The van der Waals surface area contributed by atoms with E-state index in [2.05, 4.69) is 5.32 Å². The summed E-state index contributed by atoms with van der Waals surface area (Å²) in [6.07, 6.45) is 3.56. The van der Waals surface area contributed by atoms with Crippen LogP contribution in [0.1, 0.15) is 24.5 Å². The fraction of sp³-hybridized carbons (Fsp3) is 0.231. The number of nitriles is 1. The summed E-state index contributed by atoms with van der Waals surface area (Å²) >= 11 is 0. The highest BCUT2D eigenvalue weighted by molar-refractivity contribution is 5.72. The van der Waals surface area contributed by atoms with Crippen LogP contribution in [0.5, 0.6) is 0 Å². The first-order valence-corrected chi connectivity index (χ1v) is 5.34. The second-order valence-electron chi connectivity index (χ2n) is 3.64. The fourth-order valence-corrected chi connectivity index (χ4v) is 1.32. The van der Waals surface area contributed by atoms with Crippen molar-refractivity contribution in [2.45, 2.75) is 13.3 Å². The summed E-state index contributed by atoms with van der Waals surface area (Å²) in [5, 5.41) is 11.1. The second kappa shape index (κ2) is 6.50. The molecule has 0 aliphatic heterocycles. The van der Waals surface area contributed by atoms with Crippen LogP contribution in [-0.4, -0.2) is 12.5 Å². The highest BCUT2D eigenvalue weighted by atomic mass is 19.1. The van der Waals surface area contributed by atoms with Gasteiger partial charge in [-0.1, -0.05) is 12.2 Å². The molecular formula is C13H12F2N2O. The van der Waals surface area contributed by atoms with Gasteiger partial charge in [0, 0.05) is 19.0 Å². The molecule has 94 valence electrons. The maximum atomic E-state index is 13.4. The Kier molecular flexibility index (Phi) is 5.00. The van der Waals surface area contributed by atoms with Gasteiger partial charge in [-0.3, -0.25) is 4.79 Å². The molecule has 0 bridgehead atoms. The molecule has 1 N–H and O–H groups in total. The monoisotopic (exact) mass is 250 g/mol. The van der Waals surface area contributed by atoms with Crippen LogP contribution in [0.15, 0.2) is 18.2 Å². The van der Waals surface area contributed by atoms with Gasteiger partial charge in [0.1, 0.15) is 17.7 Å². The number of carbonyl (C=O) groups excluding carboxylic acids is 1. The van der Waals surface area contributed by atoms with Crippen molar-refractivity contribution in [3.63, 3.8) is 0 Å². The van der Waals surface area contributed by atoms with E-state index in [1.54, 1.807) is 12.1 Å². The predicted octanol–water partition coefficient (Wildman–Crippen LogP) is 2.38. The van der Waals surface area contributed by atoms with Crippen LogP contribution in [0.4, 0.5) is 8.78 Å². The van der Waals surface area contributed by atoms with E-state index in [9.17, 15) is 13.6 Å². The van der Waals surface area contributed by atoms with Gasteiger partial charge < -0.3 is 5.32 Å². The molecule has 0 heterocycles. The number of benzene rings is 1. The Hall–Kier alpha value is -2.22. The molecule has 0 fully saturated rings. The molecule has 5 heteroatoms.